The Balaban J connectivity index is 1.92. The van der Waals surface area contributed by atoms with Gasteiger partial charge < -0.3 is 4.74 Å². The normalized spacial score (nSPS) is 21.0. The average Bonchev–Trinajstić information content (AvgIpc) is 2.63. The summed E-state index contributed by atoms with van der Waals surface area (Å²) in [6, 6.07) is 10.4. The lowest BCUT2D eigenvalue weighted by atomic mass is 10.2. The van der Waals surface area contributed by atoms with E-state index in [9.17, 15) is 0 Å². The molecule has 1 aliphatic heterocycles. The fourth-order valence-electron chi connectivity index (χ4n) is 2.19. The lowest BCUT2D eigenvalue weighted by Gasteiger charge is -2.22. The van der Waals surface area contributed by atoms with Gasteiger partial charge in [-0.2, -0.15) is 0 Å². The van der Waals surface area contributed by atoms with Crippen LogP contribution in [0.1, 0.15) is 12.0 Å². The van der Waals surface area contributed by atoms with Crippen molar-refractivity contribution in [2.24, 2.45) is 5.11 Å². The molecule has 0 saturated carbocycles. The van der Waals surface area contributed by atoms with Crippen LogP contribution in [0.25, 0.3) is 10.4 Å². The largest absolute Gasteiger partial charge is 0.377 e. The minimum atomic E-state index is 0.0205. The Morgan fingerprint density at radius 2 is 2.22 bits per heavy atom. The fraction of sp³-hybridized carbons (Fsp3) is 0.538. The molecule has 0 aromatic heterocycles. The van der Waals surface area contributed by atoms with E-state index in [4.69, 9.17) is 10.3 Å². The van der Waals surface area contributed by atoms with Crippen molar-refractivity contribution in [1.29, 1.82) is 0 Å². The van der Waals surface area contributed by atoms with Crippen LogP contribution in [0.15, 0.2) is 35.4 Å². The molecule has 1 saturated heterocycles. The predicted octanol–water partition coefficient (Wildman–Crippen LogP) is 2.59. The second-order valence-electron chi connectivity index (χ2n) is 4.48. The van der Waals surface area contributed by atoms with E-state index >= 15 is 0 Å². The summed E-state index contributed by atoms with van der Waals surface area (Å²) in [5, 5.41) is 3.61. The van der Waals surface area contributed by atoms with Gasteiger partial charge in [-0.05, 0) is 17.5 Å². The van der Waals surface area contributed by atoms with Crippen molar-refractivity contribution < 1.29 is 4.74 Å². The van der Waals surface area contributed by atoms with Crippen molar-refractivity contribution in [3.05, 3.63) is 46.3 Å². The highest BCUT2D eigenvalue weighted by atomic mass is 16.5. The van der Waals surface area contributed by atoms with Crippen molar-refractivity contribution >= 4 is 0 Å². The molecule has 1 aliphatic rings. The van der Waals surface area contributed by atoms with Gasteiger partial charge in [-0.15, -0.1) is 0 Å². The maximum Gasteiger partial charge on any atom is 0.0758 e. The second-order valence-corrected chi connectivity index (χ2v) is 4.48. The third kappa shape index (κ3) is 4.04. The zero-order valence-electron chi connectivity index (χ0n) is 10.4. The summed E-state index contributed by atoms with van der Waals surface area (Å²) >= 11 is 0. The number of ether oxygens (including phenoxy) is 1. The van der Waals surface area contributed by atoms with E-state index in [1.54, 1.807) is 0 Å². The van der Waals surface area contributed by atoms with Gasteiger partial charge in [-0.3, -0.25) is 4.90 Å². The van der Waals surface area contributed by atoms with Gasteiger partial charge in [-0.1, -0.05) is 35.4 Å². The third-order valence-corrected chi connectivity index (χ3v) is 3.03. The average molecular weight is 246 g/mol. The molecule has 18 heavy (non-hydrogen) atoms. The van der Waals surface area contributed by atoms with E-state index in [-0.39, 0.29) is 6.10 Å². The molecule has 1 aromatic carbocycles. The summed E-state index contributed by atoms with van der Waals surface area (Å²) in [6.45, 7) is 3.95. The number of nitrogens with zero attached hydrogens (tertiary/aromatic N) is 4. The van der Waals surface area contributed by atoms with Gasteiger partial charge in [0.25, 0.3) is 0 Å². The first-order valence-corrected chi connectivity index (χ1v) is 6.27. The van der Waals surface area contributed by atoms with Crippen LogP contribution >= 0.6 is 0 Å². The molecule has 0 aliphatic carbocycles. The Bertz CT molecular complexity index is 403. The molecule has 1 heterocycles. The first kappa shape index (κ1) is 12.9. The monoisotopic (exact) mass is 246 g/mol. The fourth-order valence-corrected chi connectivity index (χ4v) is 2.19. The molecule has 0 radical (unpaired) electrons. The molecule has 0 amide bonds. The summed E-state index contributed by atoms with van der Waals surface area (Å²) in [4.78, 5) is 5.16. The van der Waals surface area contributed by atoms with Crippen molar-refractivity contribution in [2.75, 3.05) is 26.2 Å². The van der Waals surface area contributed by atoms with Crippen LogP contribution in [0.3, 0.4) is 0 Å². The molecule has 1 unspecified atom stereocenters. The molecule has 0 N–H and O–H groups in total. The van der Waals surface area contributed by atoms with Crippen LogP contribution in [0.4, 0.5) is 0 Å². The lowest BCUT2D eigenvalue weighted by molar-refractivity contribution is 0.0597. The van der Waals surface area contributed by atoms with Gasteiger partial charge in [0, 0.05) is 31.2 Å². The predicted molar refractivity (Wildman–Crippen MR) is 70.1 cm³/mol. The van der Waals surface area contributed by atoms with Crippen molar-refractivity contribution in [2.45, 2.75) is 19.1 Å². The number of azide groups is 1. The van der Waals surface area contributed by atoms with Crippen LogP contribution in [-0.2, 0) is 11.3 Å². The molecule has 0 bridgehead atoms. The maximum absolute atomic E-state index is 8.36. The van der Waals surface area contributed by atoms with Gasteiger partial charge in [-0.25, -0.2) is 0 Å². The zero-order chi connectivity index (χ0) is 12.6. The van der Waals surface area contributed by atoms with Crippen molar-refractivity contribution in [3.8, 4) is 0 Å². The Morgan fingerprint density at radius 3 is 3.00 bits per heavy atom. The summed E-state index contributed by atoms with van der Waals surface area (Å²) in [7, 11) is 0. The SMILES string of the molecule is [N-]=[N+]=NCC1CN(Cc2ccccc2)CCCO1. The summed E-state index contributed by atoms with van der Waals surface area (Å²) in [6.07, 6.45) is 1.05. The molecule has 96 valence electrons. The molecule has 1 aromatic rings. The van der Waals surface area contributed by atoms with Gasteiger partial charge >= 0.3 is 0 Å². The summed E-state index contributed by atoms with van der Waals surface area (Å²) in [5.41, 5.74) is 9.66. The third-order valence-electron chi connectivity index (χ3n) is 3.03. The van der Waals surface area contributed by atoms with Crippen LogP contribution in [-0.4, -0.2) is 37.2 Å². The molecule has 2 rings (SSSR count). The Labute approximate surface area is 107 Å². The van der Waals surface area contributed by atoms with Crippen LogP contribution in [0.5, 0.6) is 0 Å². The van der Waals surface area contributed by atoms with Crippen LogP contribution < -0.4 is 0 Å². The van der Waals surface area contributed by atoms with E-state index < -0.39 is 0 Å². The lowest BCUT2D eigenvalue weighted by Crippen LogP contribution is -2.32. The number of benzene rings is 1. The van der Waals surface area contributed by atoms with E-state index in [1.807, 2.05) is 6.07 Å². The highest BCUT2D eigenvalue weighted by Gasteiger charge is 2.17. The van der Waals surface area contributed by atoms with Gasteiger partial charge in [0.05, 0.1) is 12.6 Å². The molecular weight excluding hydrogens is 228 g/mol. The topological polar surface area (TPSA) is 61.2 Å². The molecule has 5 heteroatoms. The summed E-state index contributed by atoms with van der Waals surface area (Å²) in [5.74, 6) is 0. The van der Waals surface area contributed by atoms with Crippen molar-refractivity contribution in [1.82, 2.24) is 4.90 Å². The Hall–Kier alpha value is -1.55. The first-order chi connectivity index (χ1) is 8.88. The van der Waals surface area contributed by atoms with E-state index in [1.165, 1.54) is 5.56 Å². The molecule has 1 atom stereocenters. The maximum atomic E-state index is 8.36. The highest BCUT2D eigenvalue weighted by Crippen LogP contribution is 2.11. The van der Waals surface area contributed by atoms with E-state index in [2.05, 4.69) is 39.2 Å². The van der Waals surface area contributed by atoms with Crippen LogP contribution in [0, 0.1) is 0 Å². The standard InChI is InChI=1S/C13H18N4O/c14-16-15-9-13-11-17(7-4-8-18-13)10-12-5-2-1-3-6-12/h1-3,5-6,13H,4,7-11H2. The minimum Gasteiger partial charge on any atom is -0.377 e. The van der Waals surface area contributed by atoms with Gasteiger partial charge in [0.2, 0.25) is 0 Å². The number of rotatable bonds is 4. The van der Waals surface area contributed by atoms with E-state index in [0.717, 1.165) is 32.7 Å². The number of hydrogen-bond donors (Lipinski definition) is 0. The smallest absolute Gasteiger partial charge is 0.0758 e. The highest BCUT2D eigenvalue weighted by molar-refractivity contribution is 5.14. The molecule has 1 fully saturated rings. The minimum absolute atomic E-state index is 0.0205. The summed E-state index contributed by atoms with van der Waals surface area (Å²) < 4.78 is 5.67. The zero-order valence-corrected chi connectivity index (χ0v) is 10.4. The second kappa shape index (κ2) is 7.01. The van der Waals surface area contributed by atoms with Gasteiger partial charge in [0.15, 0.2) is 0 Å². The molecule has 0 spiro atoms. The van der Waals surface area contributed by atoms with Gasteiger partial charge in [0.1, 0.15) is 0 Å². The molecule has 5 nitrogen and oxygen atoms in total. The quantitative estimate of drug-likeness (QED) is 0.465. The van der Waals surface area contributed by atoms with E-state index in [0.29, 0.717) is 6.54 Å². The van der Waals surface area contributed by atoms with Crippen LogP contribution in [0.2, 0.25) is 0 Å². The molecular formula is C13H18N4O. The van der Waals surface area contributed by atoms with Crippen molar-refractivity contribution in [3.63, 3.8) is 0 Å². The Morgan fingerprint density at radius 1 is 1.39 bits per heavy atom. The number of hydrogen-bond acceptors (Lipinski definition) is 3. The first-order valence-electron chi connectivity index (χ1n) is 6.27. The Kier molecular flexibility index (Phi) is 5.02.